The van der Waals surface area contributed by atoms with Crippen molar-refractivity contribution in [2.75, 3.05) is 13.2 Å². The number of esters is 3. The van der Waals surface area contributed by atoms with E-state index in [1.807, 2.05) is 6.08 Å². The van der Waals surface area contributed by atoms with Crippen molar-refractivity contribution in [1.29, 1.82) is 0 Å². The average molecular weight is 1070 g/mol. The summed E-state index contributed by atoms with van der Waals surface area (Å²) in [5.74, 6) is -0.999. The molecule has 0 N–H and O–H groups in total. The monoisotopic (exact) mass is 1060 g/mol. The summed E-state index contributed by atoms with van der Waals surface area (Å²) >= 11 is 0. The molecule has 6 nitrogen and oxygen atoms in total. The van der Waals surface area contributed by atoms with Gasteiger partial charge in [-0.1, -0.05) is 289 Å². The molecule has 6 heteroatoms. The first-order chi connectivity index (χ1) is 38.0. The van der Waals surface area contributed by atoms with Crippen LogP contribution in [0.4, 0.5) is 0 Å². The first-order valence-corrected chi connectivity index (χ1v) is 31.7. The molecular weight excluding hydrogens is 949 g/mol. The smallest absolute Gasteiger partial charge is 0.306 e. The predicted molar refractivity (Wildman–Crippen MR) is 334 cm³/mol. The van der Waals surface area contributed by atoms with Crippen molar-refractivity contribution in [2.24, 2.45) is 0 Å². The van der Waals surface area contributed by atoms with Gasteiger partial charge >= 0.3 is 17.9 Å². The maximum Gasteiger partial charge on any atom is 0.306 e. The summed E-state index contributed by atoms with van der Waals surface area (Å²) < 4.78 is 16.7. The number of hydrogen-bond donors (Lipinski definition) is 0. The molecule has 0 saturated heterocycles. The lowest BCUT2D eigenvalue weighted by atomic mass is 10.0. The Morgan fingerprint density at radius 1 is 0.273 bits per heavy atom. The molecule has 0 aromatic heterocycles. The number of allylic oxidation sites excluding steroid dienone is 22. The van der Waals surface area contributed by atoms with E-state index >= 15 is 0 Å². The third kappa shape index (κ3) is 62.3. The molecule has 0 aromatic rings. The molecule has 0 bridgehead atoms. The third-order valence-electron chi connectivity index (χ3n) is 13.2. The molecule has 0 saturated carbocycles. The zero-order valence-corrected chi connectivity index (χ0v) is 49.9. The van der Waals surface area contributed by atoms with Crippen molar-refractivity contribution in [3.63, 3.8) is 0 Å². The molecule has 0 rings (SSSR count). The Labute approximate surface area is 475 Å². The second-order valence-corrected chi connectivity index (χ2v) is 20.6. The van der Waals surface area contributed by atoms with Crippen LogP contribution in [0.1, 0.15) is 278 Å². The zero-order valence-electron chi connectivity index (χ0n) is 49.9. The second kappa shape index (κ2) is 64.1. The van der Waals surface area contributed by atoms with Gasteiger partial charge in [0.25, 0.3) is 0 Å². The highest BCUT2D eigenvalue weighted by Crippen LogP contribution is 2.16. The Morgan fingerprint density at radius 3 is 0.844 bits per heavy atom. The van der Waals surface area contributed by atoms with Gasteiger partial charge in [0.1, 0.15) is 13.2 Å². The minimum Gasteiger partial charge on any atom is -0.462 e. The maximum atomic E-state index is 12.8. The molecule has 0 aliphatic rings. The van der Waals surface area contributed by atoms with E-state index in [1.165, 1.54) is 122 Å². The van der Waals surface area contributed by atoms with Crippen molar-refractivity contribution >= 4 is 17.9 Å². The highest BCUT2D eigenvalue weighted by atomic mass is 16.6. The van der Waals surface area contributed by atoms with Gasteiger partial charge in [0.05, 0.1) is 0 Å². The van der Waals surface area contributed by atoms with Crippen LogP contribution in [-0.2, 0) is 28.6 Å². The number of carbonyl (C=O) groups is 3. The van der Waals surface area contributed by atoms with Crippen LogP contribution in [0.15, 0.2) is 134 Å². The first kappa shape index (κ1) is 72.5. The Hall–Kier alpha value is -4.45. The lowest BCUT2D eigenvalue weighted by Crippen LogP contribution is -2.30. The van der Waals surface area contributed by atoms with E-state index in [9.17, 15) is 14.4 Å². The van der Waals surface area contributed by atoms with Crippen LogP contribution in [0.2, 0.25) is 0 Å². The summed E-state index contributed by atoms with van der Waals surface area (Å²) in [6, 6.07) is 0. The van der Waals surface area contributed by atoms with Crippen molar-refractivity contribution < 1.29 is 28.6 Å². The van der Waals surface area contributed by atoms with Crippen molar-refractivity contribution in [3.8, 4) is 0 Å². The van der Waals surface area contributed by atoms with E-state index in [2.05, 4.69) is 148 Å². The Kier molecular flexibility index (Phi) is 60.4. The molecule has 0 amide bonds. The van der Waals surface area contributed by atoms with Crippen LogP contribution in [0.3, 0.4) is 0 Å². The number of hydrogen-bond acceptors (Lipinski definition) is 6. The average Bonchev–Trinajstić information content (AvgIpc) is 3.43. The number of unbranched alkanes of at least 4 members (excludes halogenated alkanes) is 23. The fourth-order valence-electron chi connectivity index (χ4n) is 8.50. The summed E-state index contributed by atoms with van der Waals surface area (Å²) in [7, 11) is 0. The summed E-state index contributed by atoms with van der Waals surface area (Å²) in [4.78, 5) is 38.0. The fourth-order valence-corrected chi connectivity index (χ4v) is 8.50. The minimum absolute atomic E-state index is 0.108. The normalized spacial score (nSPS) is 13.0. The van der Waals surface area contributed by atoms with Gasteiger partial charge in [0.2, 0.25) is 0 Å². The van der Waals surface area contributed by atoms with Crippen LogP contribution in [0.5, 0.6) is 0 Å². The van der Waals surface area contributed by atoms with Gasteiger partial charge < -0.3 is 14.2 Å². The summed E-state index contributed by atoms with van der Waals surface area (Å²) in [5, 5.41) is 0. The molecule has 0 aliphatic carbocycles. The molecular formula is C71H116O6. The molecule has 0 aromatic carbocycles. The zero-order chi connectivity index (χ0) is 55.7. The summed E-state index contributed by atoms with van der Waals surface area (Å²) in [6.45, 7) is 6.31. The van der Waals surface area contributed by atoms with Crippen molar-refractivity contribution in [1.82, 2.24) is 0 Å². The van der Waals surface area contributed by atoms with Crippen LogP contribution in [0, 0.1) is 0 Å². The Morgan fingerprint density at radius 2 is 0.532 bits per heavy atom. The summed E-state index contributed by atoms with van der Waals surface area (Å²) in [5.41, 5.74) is 0. The van der Waals surface area contributed by atoms with Gasteiger partial charge in [-0.15, -0.1) is 0 Å². The van der Waals surface area contributed by atoms with Gasteiger partial charge in [0.15, 0.2) is 6.10 Å². The number of carbonyl (C=O) groups excluding carboxylic acids is 3. The lowest BCUT2D eigenvalue weighted by molar-refractivity contribution is -0.166. The molecule has 1 atom stereocenters. The molecule has 0 heterocycles. The highest BCUT2D eigenvalue weighted by molar-refractivity contribution is 5.71. The third-order valence-corrected chi connectivity index (χ3v) is 13.2. The van der Waals surface area contributed by atoms with E-state index in [0.717, 1.165) is 109 Å². The minimum atomic E-state index is -0.818. The largest absolute Gasteiger partial charge is 0.462 e. The first-order valence-electron chi connectivity index (χ1n) is 31.7. The highest BCUT2D eigenvalue weighted by Gasteiger charge is 2.19. The molecule has 0 spiro atoms. The van der Waals surface area contributed by atoms with Gasteiger partial charge in [-0.3, -0.25) is 14.4 Å². The molecule has 77 heavy (non-hydrogen) atoms. The van der Waals surface area contributed by atoms with E-state index in [0.29, 0.717) is 19.3 Å². The quantitative estimate of drug-likeness (QED) is 0.0261. The summed E-state index contributed by atoms with van der Waals surface area (Å²) in [6.07, 6.45) is 90.8. The second-order valence-electron chi connectivity index (χ2n) is 20.6. The van der Waals surface area contributed by atoms with E-state index in [1.54, 1.807) is 0 Å². The lowest BCUT2D eigenvalue weighted by Gasteiger charge is -2.18. The van der Waals surface area contributed by atoms with Crippen LogP contribution in [-0.4, -0.2) is 37.2 Å². The molecule has 0 fully saturated rings. The van der Waals surface area contributed by atoms with E-state index < -0.39 is 12.1 Å². The Bertz CT molecular complexity index is 1650. The van der Waals surface area contributed by atoms with E-state index in [4.69, 9.17) is 14.2 Å². The molecule has 0 aliphatic heterocycles. The topological polar surface area (TPSA) is 78.9 Å². The number of ether oxygens (including phenoxy) is 3. The SMILES string of the molecule is CC/C=C\C/C=C\C/C=C\C/C=C\C/C=C\C/C=C\CCC(=O)OC(COC(=O)CCCCCCCCC)COC(=O)CCCCCCCCCCCCCCCCCCC/C=C\C/C=C\C/C=C\C/C=C\C/C=C\CC. The van der Waals surface area contributed by atoms with Crippen LogP contribution in [0.25, 0.3) is 0 Å². The van der Waals surface area contributed by atoms with Crippen LogP contribution < -0.4 is 0 Å². The van der Waals surface area contributed by atoms with Crippen LogP contribution >= 0.6 is 0 Å². The van der Waals surface area contributed by atoms with Gasteiger partial charge in [-0.2, -0.15) is 0 Å². The molecule has 436 valence electrons. The fraction of sp³-hybridized carbons (Fsp3) is 0.648. The van der Waals surface area contributed by atoms with Crippen molar-refractivity contribution in [3.05, 3.63) is 134 Å². The Balaban J connectivity index is 4.13. The van der Waals surface area contributed by atoms with Gasteiger partial charge in [0, 0.05) is 19.3 Å². The molecule has 1 unspecified atom stereocenters. The van der Waals surface area contributed by atoms with E-state index in [-0.39, 0.29) is 31.6 Å². The predicted octanol–water partition coefficient (Wildman–Crippen LogP) is 21.8. The number of rotatable bonds is 56. The standard InChI is InChI=1S/C71H116O6/c1-4-7-10-13-16-18-20-22-24-26-28-29-30-31-32-33-34-35-36-37-38-39-40-41-43-44-46-48-50-52-55-58-61-64-70(73)76-67-68(66-75-69(72)63-60-57-54-15-12-9-6-3)77-71(74)65-62-59-56-53-51-49-47-45-42-27-25-23-21-19-17-14-11-8-5-2/h7-8,10-11,16-19,22-25,28-29,31-32,42,45,49,51,56,59,68H,4-6,9,12-15,20-21,26-27,30,33-41,43-44,46-48,50,52-55,57-58,60-67H2,1-3H3/b10-7-,11-8-,18-16-,19-17-,24-22-,25-23-,29-28-,32-31-,45-42-,51-49-,59-56-. The molecule has 0 radical (unpaired) electrons. The van der Waals surface area contributed by atoms with Crippen molar-refractivity contribution in [2.45, 2.75) is 284 Å². The van der Waals surface area contributed by atoms with Gasteiger partial charge in [-0.05, 0) is 103 Å². The maximum absolute atomic E-state index is 12.8. The van der Waals surface area contributed by atoms with Gasteiger partial charge in [-0.25, -0.2) is 0 Å².